The molecule has 1 fully saturated rings. The van der Waals surface area contributed by atoms with Crippen LogP contribution < -0.4 is 10.2 Å². The molecule has 3 rings (SSSR count). The Hall–Kier alpha value is -2.44. The zero-order valence-corrected chi connectivity index (χ0v) is 11.0. The highest BCUT2D eigenvalue weighted by Gasteiger charge is 2.28. The van der Waals surface area contributed by atoms with E-state index in [1.807, 2.05) is 0 Å². The summed E-state index contributed by atoms with van der Waals surface area (Å²) in [6, 6.07) is 0.736. The van der Waals surface area contributed by atoms with Gasteiger partial charge in [0.2, 0.25) is 11.2 Å². The van der Waals surface area contributed by atoms with Crippen LogP contribution in [0.4, 0.5) is 8.78 Å². The van der Waals surface area contributed by atoms with Gasteiger partial charge in [-0.3, -0.25) is 4.79 Å². The van der Waals surface area contributed by atoms with Crippen molar-refractivity contribution in [3.8, 4) is 5.75 Å². The molecule has 1 aliphatic rings. The number of aromatic nitrogens is 1. The van der Waals surface area contributed by atoms with Crippen molar-refractivity contribution in [2.45, 2.75) is 18.9 Å². The molecule has 0 saturated heterocycles. The van der Waals surface area contributed by atoms with E-state index < -0.39 is 28.8 Å². The van der Waals surface area contributed by atoms with Crippen molar-refractivity contribution >= 4 is 16.9 Å². The van der Waals surface area contributed by atoms with E-state index in [1.54, 1.807) is 0 Å². The number of esters is 1. The summed E-state index contributed by atoms with van der Waals surface area (Å²) in [5, 5.41) is -0.170. The minimum Gasteiger partial charge on any atom is -0.491 e. The monoisotopic (exact) mass is 295 g/mol. The number of benzene rings is 1. The molecule has 0 amide bonds. The first kappa shape index (κ1) is 13.5. The normalized spacial score (nSPS) is 14.2. The molecule has 0 aliphatic heterocycles. The molecule has 110 valence electrons. The second-order valence-electron chi connectivity index (χ2n) is 4.76. The average Bonchev–Trinajstić information content (AvgIpc) is 3.25. The molecule has 0 spiro atoms. The number of carbonyl (C=O) groups excluding carboxylic acids is 1. The van der Waals surface area contributed by atoms with Gasteiger partial charge < -0.3 is 14.5 Å². The first-order valence-corrected chi connectivity index (χ1v) is 6.31. The number of methoxy groups -OCH3 is 1. The summed E-state index contributed by atoms with van der Waals surface area (Å²) >= 11 is 0. The molecule has 1 aromatic carbocycles. The quantitative estimate of drug-likeness (QED) is 0.881. The second-order valence-corrected chi connectivity index (χ2v) is 4.76. The first-order valence-electron chi connectivity index (χ1n) is 6.31. The molecule has 1 aliphatic carbocycles. The van der Waals surface area contributed by atoms with Crippen LogP contribution in [0.1, 0.15) is 23.2 Å². The lowest BCUT2D eigenvalue weighted by Gasteiger charge is -2.09. The Bertz CT molecular complexity index is 796. The number of H-pyrrole nitrogens is 1. The molecule has 5 nitrogen and oxygen atoms in total. The SMILES string of the molecule is COc1c(F)c(F)cc2c(=O)c(C(=O)OC3CC3)c[nH]c12. The Morgan fingerprint density at radius 3 is 2.71 bits per heavy atom. The highest BCUT2D eigenvalue weighted by Crippen LogP contribution is 2.28. The number of nitrogens with one attached hydrogen (secondary N) is 1. The Labute approximate surface area is 117 Å². The van der Waals surface area contributed by atoms with Gasteiger partial charge in [-0.05, 0) is 18.9 Å². The topological polar surface area (TPSA) is 68.4 Å². The minimum absolute atomic E-state index is 0.00984. The molecule has 0 bridgehead atoms. The predicted molar refractivity (Wildman–Crippen MR) is 69.5 cm³/mol. The van der Waals surface area contributed by atoms with E-state index in [1.165, 1.54) is 0 Å². The Morgan fingerprint density at radius 2 is 2.10 bits per heavy atom. The van der Waals surface area contributed by atoms with Crippen molar-refractivity contribution in [3.63, 3.8) is 0 Å². The summed E-state index contributed by atoms with van der Waals surface area (Å²) in [6.07, 6.45) is 2.50. The van der Waals surface area contributed by atoms with Gasteiger partial charge in [0.25, 0.3) is 0 Å². The van der Waals surface area contributed by atoms with Gasteiger partial charge in [0.15, 0.2) is 11.6 Å². The maximum atomic E-state index is 13.6. The van der Waals surface area contributed by atoms with Crippen LogP contribution in [0.15, 0.2) is 17.1 Å². The maximum absolute atomic E-state index is 13.6. The lowest BCUT2D eigenvalue weighted by molar-refractivity contribution is 0.0470. The van der Waals surface area contributed by atoms with Gasteiger partial charge in [-0.1, -0.05) is 0 Å². The zero-order valence-electron chi connectivity index (χ0n) is 11.0. The number of pyridine rings is 1. The van der Waals surface area contributed by atoms with E-state index >= 15 is 0 Å². The molecule has 0 radical (unpaired) electrons. The van der Waals surface area contributed by atoms with Gasteiger partial charge >= 0.3 is 5.97 Å². The molecule has 1 aromatic heterocycles. The van der Waals surface area contributed by atoms with Crippen molar-refractivity contribution in [2.75, 3.05) is 7.11 Å². The molecular weight excluding hydrogens is 284 g/mol. The van der Waals surface area contributed by atoms with Gasteiger partial charge in [0.1, 0.15) is 11.7 Å². The van der Waals surface area contributed by atoms with Crippen LogP contribution in [0.3, 0.4) is 0 Å². The van der Waals surface area contributed by atoms with Gasteiger partial charge in [0.05, 0.1) is 18.0 Å². The third kappa shape index (κ3) is 2.24. The minimum atomic E-state index is -1.22. The van der Waals surface area contributed by atoms with E-state index in [0.717, 1.165) is 32.2 Å². The predicted octanol–water partition coefficient (Wildman–Crippen LogP) is 2.13. The van der Waals surface area contributed by atoms with Gasteiger partial charge in [-0.25, -0.2) is 9.18 Å². The smallest absolute Gasteiger partial charge is 0.343 e. The van der Waals surface area contributed by atoms with Crippen molar-refractivity contribution in [2.24, 2.45) is 0 Å². The maximum Gasteiger partial charge on any atom is 0.343 e. The van der Waals surface area contributed by atoms with Gasteiger partial charge in [-0.15, -0.1) is 0 Å². The molecule has 0 unspecified atom stereocenters. The first-order chi connectivity index (χ1) is 10.0. The van der Waals surface area contributed by atoms with Crippen LogP contribution in [-0.4, -0.2) is 24.2 Å². The van der Waals surface area contributed by atoms with Crippen LogP contribution in [0.5, 0.6) is 5.75 Å². The largest absolute Gasteiger partial charge is 0.491 e. The van der Waals surface area contributed by atoms with Crippen LogP contribution in [0.2, 0.25) is 0 Å². The summed E-state index contributed by atoms with van der Waals surface area (Å²) < 4.78 is 36.9. The van der Waals surface area contributed by atoms with E-state index in [9.17, 15) is 18.4 Å². The van der Waals surface area contributed by atoms with Crippen LogP contribution in [-0.2, 0) is 4.74 Å². The van der Waals surface area contributed by atoms with E-state index in [0.29, 0.717) is 0 Å². The van der Waals surface area contributed by atoms with E-state index in [4.69, 9.17) is 9.47 Å². The molecule has 1 saturated carbocycles. The summed E-state index contributed by atoms with van der Waals surface area (Å²) in [7, 11) is 1.16. The lowest BCUT2D eigenvalue weighted by Crippen LogP contribution is -2.19. The number of carbonyl (C=O) groups is 1. The number of hydrogen-bond acceptors (Lipinski definition) is 4. The number of ether oxygens (including phenoxy) is 2. The number of aromatic amines is 1. The number of halogens is 2. The third-order valence-electron chi connectivity index (χ3n) is 3.25. The number of fused-ring (bicyclic) bond motifs is 1. The second kappa shape index (κ2) is 4.83. The Balaban J connectivity index is 2.18. The molecule has 1 heterocycles. The third-order valence-corrected chi connectivity index (χ3v) is 3.25. The van der Waals surface area contributed by atoms with Crippen molar-refractivity contribution in [1.29, 1.82) is 0 Å². The van der Waals surface area contributed by atoms with Gasteiger partial charge in [0, 0.05) is 6.20 Å². The number of rotatable bonds is 3. The summed E-state index contributed by atoms with van der Waals surface area (Å²) in [6.45, 7) is 0. The molecule has 1 N–H and O–H groups in total. The summed E-state index contributed by atoms with van der Waals surface area (Å²) in [5.41, 5.74) is -0.988. The van der Waals surface area contributed by atoms with E-state index in [-0.39, 0.29) is 22.6 Å². The standard InChI is InChI=1S/C14H11F2NO4/c1-20-13-10(16)9(15)4-7-11(13)17-5-8(12(7)18)14(19)21-6-2-3-6/h4-6H,2-3H2,1H3,(H,17,18). The molecular formula is C14H11F2NO4. The average molecular weight is 295 g/mol. The van der Waals surface area contributed by atoms with Crippen LogP contribution >= 0.6 is 0 Å². The lowest BCUT2D eigenvalue weighted by atomic mass is 10.1. The Kier molecular flexibility index (Phi) is 3.12. The molecule has 2 aromatic rings. The van der Waals surface area contributed by atoms with Crippen molar-refractivity contribution in [3.05, 3.63) is 39.7 Å². The fraction of sp³-hybridized carbons (Fsp3) is 0.286. The fourth-order valence-corrected chi connectivity index (χ4v) is 2.02. The van der Waals surface area contributed by atoms with Gasteiger partial charge in [-0.2, -0.15) is 4.39 Å². The summed E-state index contributed by atoms with van der Waals surface area (Å²) in [4.78, 5) is 26.7. The molecule has 7 heteroatoms. The van der Waals surface area contributed by atoms with Crippen LogP contribution in [0.25, 0.3) is 10.9 Å². The fourth-order valence-electron chi connectivity index (χ4n) is 2.02. The Morgan fingerprint density at radius 1 is 1.38 bits per heavy atom. The molecule has 0 atom stereocenters. The number of hydrogen-bond donors (Lipinski definition) is 1. The highest BCUT2D eigenvalue weighted by molar-refractivity contribution is 5.95. The van der Waals surface area contributed by atoms with E-state index in [2.05, 4.69) is 4.98 Å². The van der Waals surface area contributed by atoms with Crippen LogP contribution in [0, 0.1) is 11.6 Å². The summed E-state index contributed by atoms with van der Waals surface area (Å²) in [5.74, 6) is -3.61. The van der Waals surface area contributed by atoms with Crippen molar-refractivity contribution in [1.82, 2.24) is 4.98 Å². The zero-order chi connectivity index (χ0) is 15.1. The highest BCUT2D eigenvalue weighted by atomic mass is 19.2. The molecule has 21 heavy (non-hydrogen) atoms. The van der Waals surface area contributed by atoms with Crippen molar-refractivity contribution < 1.29 is 23.0 Å².